The molecule has 2 aromatic carbocycles. The molecule has 0 radical (unpaired) electrons. The van der Waals surface area contributed by atoms with Crippen LogP contribution >= 0.6 is 23.2 Å². The fourth-order valence-corrected chi connectivity index (χ4v) is 3.66. The SMILES string of the molecule is COc1cc(CCC(=O)OCc2c(Cl)nc(Cl)n2-c2ccccc2)cc(OC)c1OC. The van der Waals surface area contributed by atoms with Crippen LogP contribution in [0.25, 0.3) is 5.69 Å². The zero-order valence-corrected chi connectivity index (χ0v) is 18.9. The Kier molecular flexibility index (Phi) is 7.65. The van der Waals surface area contributed by atoms with Crippen molar-refractivity contribution >= 4 is 29.2 Å². The van der Waals surface area contributed by atoms with Crippen LogP contribution in [0.15, 0.2) is 42.5 Å². The zero-order chi connectivity index (χ0) is 22.4. The van der Waals surface area contributed by atoms with Gasteiger partial charge in [-0.3, -0.25) is 9.36 Å². The summed E-state index contributed by atoms with van der Waals surface area (Å²) in [5.41, 5.74) is 2.12. The Hall–Kier alpha value is -2.90. The predicted octanol–water partition coefficient (Wildman–Crippen LogP) is 4.88. The van der Waals surface area contributed by atoms with Gasteiger partial charge in [-0.25, -0.2) is 4.98 Å². The molecule has 0 aliphatic carbocycles. The Morgan fingerprint density at radius 2 is 1.65 bits per heavy atom. The van der Waals surface area contributed by atoms with Crippen molar-refractivity contribution in [3.63, 3.8) is 0 Å². The van der Waals surface area contributed by atoms with Crippen molar-refractivity contribution in [1.82, 2.24) is 9.55 Å². The van der Waals surface area contributed by atoms with Gasteiger partial charge in [0.25, 0.3) is 0 Å². The molecular weight excluding hydrogens is 443 g/mol. The maximum absolute atomic E-state index is 12.4. The lowest BCUT2D eigenvalue weighted by molar-refractivity contribution is -0.145. The van der Waals surface area contributed by atoms with Gasteiger partial charge in [0.15, 0.2) is 16.7 Å². The average molecular weight is 465 g/mol. The molecule has 1 aromatic heterocycles. The van der Waals surface area contributed by atoms with Crippen LogP contribution in [-0.4, -0.2) is 36.8 Å². The van der Waals surface area contributed by atoms with Crippen molar-refractivity contribution in [1.29, 1.82) is 0 Å². The Bertz CT molecular complexity index is 1030. The van der Waals surface area contributed by atoms with Gasteiger partial charge < -0.3 is 18.9 Å². The average Bonchev–Trinajstić information content (AvgIpc) is 3.08. The number of aryl methyl sites for hydroxylation is 1. The summed E-state index contributed by atoms with van der Waals surface area (Å²) in [6.07, 6.45) is 0.589. The molecule has 164 valence electrons. The highest BCUT2D eigenvalue weighted by molar-refractivity contribution is 6.33. The lowest BCUT2D eigenvalue weighted by Gasteiger charge is -2.14. The lowest BCUT2D eigenvalue weighted by Crippen LogP contribution is -2.09. The molecule has 9 heteroatoms. The van der Waals surface area contributed by atoms with Gasteiger partial charge in [-0.15, -0.1) is 0 Å². The molecule has 0 spiro atoms. The summed E-state index contributed by atoms with van der Waals surface area (Å²) in [7, 11) is 4.62. The van der Waals surface area contributed by atoms with E-state index in [9.17, 15) is 4.79 Å². The smallest absolute Gasteiger partial charge is 0.306 e. The largest absolute Gasteiger partial charge is 0.493 e. The molecular formula is C22H22Cl2N2O5. The van der Waals surface area contributed by atoms with Gasteiger partial charge in [-0.1, -0.05) is 29.8 Å². The van der Waals surface area contributed by atoms with Crippen molar-refractivity contribution in [2.24, 2.45) is 0 Å². The van der Waals surface area contributed by atoms with Gasteiger partial charge in [0.05, 0.1) is 21.3 Å². The molecule has 0 bridgehead atoms. The van der Waals surface area contributed by atoms with Gasteiger partial charge in [0.1, 0.15) is 12.3 Å². The number of carbonyl (C=O) groups is 1. The topological polar surface area (TPSA) is 71.8 Å². The van der Waals surface area contributed by atoms with Gasteiger partial charge in [-0.05, 0) is 47.9 Å². The molecule has 0 saturated carbocycles. The van der Waals surface area contributed by atoms with Crippen LogP contribution in [-0.2, 0) is 22.6 Å². The van der Waals surface area contributed by atoms with Crippen LogP contribution in [0.2, 0.25) is 10.4 Å². The van der Waals surface area contributed by atoms with E-state index in [-0.39, 0.29) is 29.4 Å². The third kappa shape index (κ3) is 5.24. The van der Waals surface area contributed by atoms with Crippen LogP contribution in [0, 0.1) is 0 Å². The third-order valence-electron chi connectivity index (χ3n) is 4.61. The first-order valence-corrected chi connectivity index (χ1v) is 10.2. The van der Waals surface area contributed by atoms with Crippen molar-refractivity contribution in [3.8, 4) is 22.9 Å². The van der Waals surface area contributed by atoms with E-state index in [0.717, 1.165) is 11.3 Å². The summed E-state index contributed by atoms with van der Waals surface area (Å²) in [4.78, 5) is 16.4. The number of carbonyl (C=O) groups excluding carboxylic acids is 1. The van der Waals surface area contributed by atoms with Crippen molar-refractivity contribution < 1.29 is 23.7 Å². The molecule has 0 amide bonds. The van der Waals surface area contributed by atoms with Gasteiger partial charge in [0, 0.05) is 12.1 Å². The van der Waals surface area contributed by atoms with Gasteiger partial charge in [0.2, 0.25) is 11.0 Å². The first-order valence-electron chi connectivity index (χ1n) is 9.41. The molecule has 0 aliphatic heterocycles. The molecule has 1 heterocycles. The van der Waals surface area contributed by atoms with E-state index in [2.05, 4.69) is 4.98 Å². The molecule has 0 N–H and O–H groups in total. The predicted molar refractivity (Wildman–Crippen MR) is 118 cm³/mol. The number of benzene rings is 2. The minimum Gasteiger partial charge on any atom is -0.493 e. The number of ether oxygens (including phenoxy) is 4. The number of methoxy groups -OCH3 is 3. The molecule has 3 rings (SSSR count). The summed E-state index contributed by atoms with van der Waals surface area (Å²) in [6, 6.07) is 12.9. The third-order valence-corrected chi connectivity index (χ3v) is 5.17. The number of esters is 1. The van der Waals surface area contributed by atoms with Crippen LogP contribution in [0.5, 0.6) is 17.2 Å². The molecule has 0 fully saturated rings. The summed E-state index contributed by atoms with van der Waals surface area (Å²) in [5, 5.41) is 0.381. The Morgan fingerprint density at radius 3 is 2.23 bits per heavy atom. The second kappa shape index (κ2) is 10.4. The highest BCUT2D eigenvalue weighted by Gasteiger charge is 2.18. The van der Waals surface area contributed by atoms with Crippen molar-refractivity contribution in [2.75, 3.05) is 21.3 Å². The molecule has 0 unspecified atom stereocenters. The minimum atomic E-state index is -0.387. The molecule has 3 aromatic rings. The highest BCUT2D eigenvalue weighted by Crippen LogP contribution is 2.38. The number of imidazole rings is 1. The van der Waals surface area contributed by atoms with E-state index in [1.54, 1.807) is 30.9 Å². The number of para-hydroxylation sites is 1. The maximum atomic E-state index is 12.4. The Labute approximate surface area is 190 Å². The normalized spacial score (nSPS) is 10.6. The summed E-state index contributed by atoms with van der Waals surface area (Å²) >= 11 is 12.4. The second-order valence-electron chi connectivity index (χ2n) is 6.48. The van der Waals surface area contributed by atoms with Crippen LogP contribution in [0.4, 0.5) is 0 Å². The van der Waals surface area contributed by atoms with Crippen LogP contribution < -0.4 is 14.2 Å². The lowest BCUT2D eigenvalue weighted by atomic mass is 10.1. The number of hydrogen-bond acceptors (Lipinski definition) is 6. The first-order chi connectivity index (χ1) is 15.0. The zero-order valence-electron chi connectivity index (χ0n) is 17.4. The summed E-state index contributed by atoms with van der Waals surface area (Å²) in [6.45, 7) is -0.0540. The van der Waals surface area contributed by atoms with E-state index in [1.165, 1.54) is 7.11 Å². The van der Waals surface area contributed by atoms with Crippen molar-refractivity contribution in [2.45, 2.75) is 19.4 Å². The van der Waals surface area contributed by atoms with E-state index >= 15 is 0 Å². The Morgan fingerprint density at radius 1 is 1.00 bits per heavy atom. The monoisotopic (exact) mass is 464 g/mol. The minimum absolute atomic E-state index is 0.0540. The van der Waals surface area contributed by atoms with Crippen molar-refractivity contribution in [3.05, 3.63) is 64.2 Å². The molecule has 0 saturated heterocycles. The second-order valence-corrected chi connectivity index (χ2v) is 7.18. The van der Waals surface area contributed by atoms with E-state index in [0.29, 0.717) is 29.4 Å². The quantitative estimate of drug-likeness (QED) is 0.420. The number of nitrogens with zero attached hydrogens (tertiary/aromatic N) is 2. The Balaban J connectivity index is 1.67. The number of rotatable bonds is 9. The fraction of sp³-hybridized carbons (Fsp3) is 0.273. The number of hydrogen-bond donors (Lipinski definition) is 0. The molecule has 7 nitrogen and oxygen atoms in total. The van der Waals surface area contributed by atoms with E-state index in [1.807, 2.05) is 30.3 Å². The number of halogens is 2. The van der Waals surface area contributed by atoms with Gasteiger partial charge >= 0.3 is 5.97 Å². The molecule has 0 atom stereocenters. The standard InChI is InChI=1S/C22H22Cl2N2O5/c1-28-17-11-14(12-18(29-2)20(17)30-3)9-10-19(27)31-13-16-21(23)25-22(24)26(16)15-7-5-4-6-8-15/h4-8,11-12H,9-10,13H2,1-3H3. The summed E-state index contributed by atoms with van der Waals surface area (Å²) in [5.74, 6) is 1.16. The summed E-state index contributed by atoms with van der Waals surface area (Å²) < 4.78 is 23.1. The number of aromatic nitrogens is 2. The fourth-order valence-electron chi connectivity index (χ4n) is 3.11. The molecule has 0 aliphatic rings. The molecule has 31 heavy (non-hydrogen) atoms. The first kappa shape index (κ1) is 22.8. The van der Waals surface area contributed by atoms with Crippen LogP contribution in [0.3, 0.4) is 0 Å². The maximum Gasteiger partial charge on any atom is 0.306 e. The van der Waals surface area contributed by atoms with E-state index in [4.69, 9.17) is 42.1 Å². The van der Waals surface area contributed by atoms with E-state index < -0.39 is 0 Å². The highest BCUT2D eigenvalue weighted by atomic mass is 35.5. The van der Waals surface area contributed by atoms with Crippen LogP contribution in [0.1, 0.15) is 17.7 Å². The van der Waals surface area contributed by atoms with Gasteiger partial charge in [-0.2, -0.15) is 0 Å².